The molecule has 2 aromatic heterocycles. The number of anilines is 1. The minimum absolute atomic E-state index is 0.171. The molecule has 0 aliphatic heterocycles. The number of carbonyl (C=O) groups excluding carboxylic acids is 1. The van der Waals surface area contributed by atoms with E-state index in [1.165, 1.54) is 17.3 Å². The molecular weight excluding hydrogens is 398 g/mol. The molecule has 30 heavy (non-hydrogen) atoms. The van der Waals surface area contributed by atoms with Gasteiger partial charge in [-0.3, -0.25) is 14.7 Å². The lowest BCUT2D eigenvalue weighted by Gasteiger charge is -2.09. The third-order valence-electron chi connectivity index (χ3n) is 4.51. The quantitative estimate of drug-likeness (QED) is 0.461. The number of aromatic nitrogens is 4. The van der Waals surface area contributed by atoms with Crippen LogP contribution < -0.4 is 5.32 Å². The summed E-state index contributed by atoms with van der Waals surface area (Å²) >= 11 is 1.32. The minimum Gasteiger partial charge on any atom is -0.338 e. The topological polar surface area (TPSA) is 85.8 Å². The predicted molar refractivity (Wildman–Crippen MR) is 117 cm³/mol. The van der Waals surface area contributed by atoms with Gasteiger partial charge in [-0.1, -0.05) is 58.9 Å². The Morgan fingerprint density at radius 3 is 2.60 bits per heavy atom. The van der Waals surface area contributed by atoms with Crippen LogP contribution in [0.3, 0.4) is 0 Å². The van der Waals surface area contributed by atoms with Crippen LogP contribution in [0.5, 0.6) is 0 Å². The van der Waals surface area contributed by atoms with Gasteiger partial charge in [0.2, 0.25) is 11.8 Å². The van der Waals surface area contributed by atoms with Gasteiger partial charge >= 0.3 is 0 Å². The molecule has 0 atom stereocenters. The summed E-state index contributed by atoms with van der Waals surface area (Å²) in [4.78, 5) is 12.4. The van der Waals surface area contributed by atoms with Crippen molar-refractivity contribution in [3.63, 3.8) is 0 Å². The van der Waals surface area contributed by atoms with Crippen molar-refractivity contribution in [2.24, 2.45) is 0 Å². The summed E-state index contributed by atoms with van der Waals surface area (Å²) in [5.74, 6) is 1.04. The van der Waals surface area contributed by atoms with E-state index in [0.717, 1.165) is 22.6 Å². The van der Waals surface area contributed by atoms with E-state index in [1.807, 2.05) is 67.8 Å². The molecule has 0 saturated carbocycles. The van der Waals surface area contributed by atoms with Crippen LogP contribution in [0.4, 0.5) is 5.88 Å². The number of hydrogen-bond acceptors (Lipinski definition) is 6. The SMILES string of the molecule is Cc1ccc(-c2cc(NC(=O)CSc3nnc(C)n3-c3cccc(C)c3)on2)cc1. The Kier molecular flexibility index (Phi) is 5.67. The summed E-state index contributed by atoms with van der Waals surface area (Å²) in [5, 5.41) is 15.8. The molecule has 1 N–H and O–H groups in total. The van der Waals surface area contributed by atoms with E-state index >= 15 is 0 Å². The third-order valence-corrected chi connectivity index (χ3v) is 5.44. The van der Waals surface area contributed by atoms with Crippen molar-refractivity contribution in [2.75, 3.05) is 11.1 Å². The fraction of sp³-hybridized carbons (Fsp3) is 0.182. The lowest BCUT2D eigenvalue weighted by Crippen LogP contribution is -2.14. The van der Waals surface area contributed by atoms with Crippen LogP contribution in [-0.2, 0) is 4.79 Å². The van der Waals surface area contributed by atoms with E-state index in [2.05, 4.69) is 26.7 Å². The average Bonchev–Trinajstić information content (AvgIpc) is 3.33. The van der Waals surface area contributed by atoms with E-state index in [9.17, 15) is 4.79 Å². The maximum Gasteiger partial charge on any atom is 0.237 e. The first kappa shape index (κ1) is 19.9. The number of benzene rings is 2. The Morgan fingerprint density at radius 1 is 1.03 bits per heavy atom. The minimum atomic E-state index is -0.206. The zero-order valence-electron chi connectivity index (χ0n) is 16.9. The van der Waals surface area contributed by atoms with Gasteiger partial charge in [0, 0.05) is 17.3 Å². The van der Waals surface area contributed by atoms with Crippen molar-refractivity contribution in [2.45, 2.75) is 25.9 Å². The maximum atomic E-state index is 12.4. The Bertz CT molecular complexity index is 1180. The molecule has 0 aliphatic carbocycles. The first-order valence-corrected chi connectivity index (χ1v) is 10.4. The first-order valence-electron chi connectivity index (χ1n) is 9.45. The molecule has 0 radical (unpaired) electrons. The summed E-state index contributed by atoms with van der Waals surface area (Å²) in [6.45, 7) is 5.95. The molecule has 0 aliphatic rings. The van der Waals surface area contributed by atoms with Gasteiger partial charge in [0.15, 0.2) is 5.16 Å². The molecule has 4 rings (SSSR count). The Balaban J connectivity index is 1.41. The zero-order valence-corrected chi connectivity index (χ0v) is 17.7. The highest BCUT2D eigenvalue weighted by molar-refractivity contribution is 7.99. The van der Waals surface area contributed by atoms with Gasteiger partial charge in [0.25, 0.3) is 0 Å². The average molecular weight is 420 g/mol. The van der Waals surface area contributed by atoms with Crippen LogP contribution in [-0.4, -0.2) is 31.6 Å². The monoisotopic (exact) mass is 419 g/mol. The largest absolute Gasteiger partial charge is 0.338 e. The van der Waals surface area contributed by atoms with Gasteiger partial charge in [0.05, 0.1) is 5.75 Å². The van der Waals surface area contributed by atoms with Crippen molar-refractivity contribution in [1.82, 2.24) is 19.9 Å². The second-order valence-corrected chi connectivity index (χ2v) is 7.93. The van der Waals surface area contributed by atoms with Crippen LogP contribution in [0.25, 0.3) is 16.9 Å². The molecule has 7 nitrogen and oxygen atoms in total. The van der Waals surface area contributed by atoms with E-state index in [0.29, 0.717) is 16.7 Å². The van der Waals surface area contributed by atoms with E-state index in [1.54, 1.807) is 6.07 Å². The number of carbonyl (C=O) groups is 1. The van der Waals surface area contributed by atoms with Crippen molar-refractivity contribution in [3.05, 3.63) is 71.5 Å². The highest BCUT2D eigenvalue weighted by Crippen LogP contribution is 2.24. The molecule has 0 saturated heterocycles. The van der Waals surface area contributed by atoms with E-state index < -0.39 is 0 Å². The molecule has 152 valence electrons. The van der Waals surface area contributed by atoms with Gasteiger partial charge in [-0.15, -0.1) is 10.2 Å². The van der Waals surface area contributed by atoms with Crippen LogP contribution in [0.15, 0.2) is 64.3 Å². The zero-order chi connectivity index (χ0) is 21.1. The molecule has 4 aromatic rings. The van der Waals surface area contributed by atoms with Crippen LogP contribution in [0, 0.1) is 20.8 Å². The Hall–Kier alpha value is -3.39. The number of aryl methyl sites for hydroxylation is 3. The van der Waals surface area contributed by atoms with E-state index in [4.69, 9.17) is 4.52 Å². The van der Waals surface area contributed by atoms with Gasteiger partial charge in [0.1, 0.15) is 11.5 Å². The smallest absolute Gasteiger partial charge is 0.237 e. The van der Waals surface area contributed by atoms with Crippen LogP contribution >= 0.6 is 11.8 Å². The predicted octanol–water partition coefficient (Wildman–Crippen LogP) is 4.58. The van der Waals surface area contributed by atoms with Crippen molar-refractivity contribution in [3.8, 4) is 16.9 Å². The fourth-order valence-electron chi connectivity index (χ4n) is 3.00. The highest BCUT2D eigenvalue weighted by Gasteiger charge is 2.15. The summed E-state index contributed by atoms with van der Waals surface area (Å²) in [7, 11) is 0. The molecule has 1 amide bonds. The van der Waals surface area contributed by atoms with Gasteiger partial charge < -0.3 is 4.52 Å². The molecule has 0 unspecified atom stereocenters. The number of thioether (sulfide) groups is 1. The van der Waals surface area contributed by atoms with Crippen molar-refractivity contribution < 1.29 is 9.32 Å². The standard InChI is InChI=1S/C22H21N5O2S/c1-14-7-9-17(10-8-14)19-12-21(29-26-19)23-20(28)13-30-22-25-24-16(3)27(22)18-6-4-5-15(2)11-18/h4-12H,13H2,1-3H3,(H,23,28). The Labute approximate surface area is 178 Å². The number of amides is 1. The molecule has 0 bridgehead atoms. The van der Waals surface area contributed by atoms with Gasteiger partial charge in [-0.2, -0.15) is 0 Å². The molecular formula is C22H21N5O2S. The first-order chi connectivity index (χ1) is 14.5. The fourth-order valence-corrected chi connectivity index (χ4v) is 3.80. The molecule has 2 aromatic carbocycles. The number of hydrogen-bond donors (Lipinski definition) is 1. The summed E-state index contributed by atoms with van der Waals surface area (Å²) in [6, 6.07) is 17.7. The third kappa shape index (κ3) is 4.44. The van der Waals surface area contributed by atoms with Gasteiger partial charge in [-0.05, 0) is 38.5 Å². The number of nitrogens with one attached hydrogen (secondary N) is 1. The van der Waals surface area contributed by atoms with E-state index in [-0.39, 0.29) is 11.7 Å². The van der Waals surface area contributed by atoms with Crippen LogP contribution in [0.1, 0.15) is 17.0 Å². The van der Waals surface area contributed by atoms with Crippen LogP contribution in [0.2, 0.25) is 0 Å². The second kappa shape index (κ2) is 8.54. The summed E-state index contributed by atoms with van der Waals surface area (Å²) in [6.07, 6.45) is 0. The lowest BCUT2D eigenvalue weighted by atomic mass is 10.1. The normalized spacial score (nSPS) is 10.9. The number of rotatable bonds is 6. The summed E-state index contributed by atoms with van der Waals surface area (Å²) < 4.78 is 7.20. The number of nitrogens with zero attached hydrogens (tertiary/aromatic N) is 4. The molecule has 0 fully saturated rings. The second-order valence-electron chi connectivity index (χ2n) is 6.98. The van der Waals surface area contributed by atoms with Crippen molar-refractivity contribution in [1.29, 1.82) is 0 Å². The van der Waals surface area contributed by atoms with Gasteiger partial charge in [-0.25, -0.2) is 0 Å². The molecule has 0 spiro atoms. The highest BCUT2D eigenvalue weighted by atomic mass is 32.2. The Morgan fingerprint density at radius 2 is 1.83 bits per heavy atom. The molecule has 8 heteroatoms. The maximum absolute atomic E-state index is 12.4. The van der Waals surface area contributed by atoms with Crippen molar-refractivity contribution >= 4 is 23.6 Å². The lowest BCUT2D eigenvalue weighted by molar-refractivity contribution is -0.113. The molecule has 2 heterocycles. The summed E-state index contributed by atoms with van der Waals surface area (Å²) in [5.41, 5.74) is 4.89.